The number of hydrogen-bond donors (Lipinski definition) is 1. The van der Waals surface area contributed by atoms with Crippen LogP contribution in [0.3, 0.4) is 0 Å². The number of carbonyl (C=O) groups excluding carboxylic acids is 1. The first-order chi connectivity index (χ1) is 10.1. The highest BCUT2D eigenvalue weighted by atomic mass is 32.1. The van der Waals surface area contributed by atoms with Crippen molar-refractivity contribution in [3.63, 3.8) is 0 Å². The molecule has 2 aliphatic rings. The lowest BCUT2D eigenvalue weighted by molar-refractivity contribution is -0.135. The Hall–Kier alpha value is -0.940. The van der Waals surface area contributed by atoms with E-state index in [9.17, 15) is 4.79 Å². The van der Waals surface area contributed by atoms with Gasteiger partial charge in [-0.05, 0) is 44.9 Å². The molecule has 1 amide bonds. The summed E-state index contributed by atoms with van der Waals surface area (Å²) < 4.78 is 0. The molecule has 1 aromatic rings. The van der Waals surface area contributed by atoms with Gasteiger partial charge in [0.15, 0.2) is 0 Å². The van der Waals surface area contributed by atoms with E-state index >= 15 is 0 Å². The van der Waals surface area contributed by atoms with E-state index in [1.165, 1.54) is 29.8 Å². The number of fused-ring (bicyclic) bond motifs is 1. The maximum Gasteiger partial charge on any atom is 0.225 e. The molecule has 0 radical (unpaired) electrons. The van der Waals surface area contributed by atoms with Crippen molar-refractivity contribution >= 4 is 17.2 Å². The normalized spacial score (nSPS) is 25.4. The molecule has 1 fully saturated rings. The third-order valence-corrected chi connectivity index (χ3v) is 5.84. The number of hydrogen-bond acceptors (Lipinski definition) is 4. The number of nitrogens with two attached hydrogens (primary N) is 1. The summed E-state index contributed by atoms with van der Waals surface area (Å²) in [7, 11) is 1.91. The molecular formula is C16H25N3OS. The molecule has 1 heterocycles. The Morgan fingerprint density at radius 1 is 1.33 bits per heavy atom. The molecule has 4 nitrogen and oxygen atoms in total. The summed E-state index contributed by atoms with van der Waals surface area (Å²) in [5, 5.41) is 1.10. The van der Waals surface area contributed by atoms with Crippen LogP contribution in [0.2, 0.25) is 0 Å². The van der Waals surface area contributed by atoms with Crippen molar-refractivity contribution in [1.29, 1.82) is 0 Å². The van der Waals surface area contributed by atoms with E-state index in [1.807, 2.05) is 11.9 Å². The number of nitrogens with zero attached hydrogens (tertiary/aromatic N) is 2. The van der Waals surface area contributed by atoms with E-state index in [0.717, 1.165) is 37.1 Å². The number of aryl methyl sites for hydroxylation is 2. The van der Waals surface area contributed by atoms with E-state index in [1.54, 1.807) is 11.3 Å². The summed E-state index contributed by atoms with van der Waals surface area (Å²) >= 11 is 1.80. The fourth-order valence-corrected chi connectivity index (χ4v) is 4.73. The maximum absolute atomic E-state index is 12.5. The van der Waals surface area contributed by atoms with Crippen LogP contribution in [-0.2, 0) is 24.2 Å². The zero-order valence-electron chi connectivity index (χ0n) is 12.8. The van der Waals surface area contributed by atoms with Gasteiger partial charge < -0.3 is 10.6 Å². The van der Waals surface area contributed by atoms with Crippen molar-refractivity contribution in [3.05, 3.63) is 15.6 Å². The van der Waals surface area contributed by atoms with Crippen LogP contribution in [0.5, 0.6) is 0 Å². The van der Waals surface area contributed by atoms with Crippen molar-refractivity contribution < 1.29 is 4.79 Å². The fraction of sp³-hybridized carbons (Fsp3) is 0.750. The first-order valence-electron chi connectivity index (χ1n) is 8.11. The molecule has 0 spiro atoms. The van der Waals surface area contributed by atoms with Crippen LogP contribution in [0.4, 0.5) is 0 Å². The Bertz CT molecular complexity index is 490. The van der Waals surface area contributed by atoms with Gasteiger partial charge in [0.05, 0.1) is 12.2 Å². The molecule has 2 atom stereocenters. The molecule has 1 aromatic heterocycles. The highest BCUT2D eigenvalue weighted by Gasteiger charge is 2.28. The molecule has 116 valence electrons. The number of carbonyl (C=O) groups is 1. The van der Waals surface area contributed by atoms with Crippen LogP contribution < -0.4 is 5.73 Å². The Kier molecular flexibility index (Phi) is 4.60. The molecule has 5 heteroatoms. The van der Waals surface area contributed by atoms with Crippen molar-refractivity contribution in [2.45, 2.75) is 64.0 Å². The van der Waals surface area contributed by atoms with E-state index in [0.29, 0.717) is 6.54 Å². The van der Waals surface area contributed by atoms with Crippen LogP contribution in [0.1, 0.15) is 54.1 Å². The van der Waals surface area contributed by atoms with Crippen LogP contribution in [-0.4, -0.2) is 28.9 Å². The van der Waals surface area contributed by atoms with Crippen molar-refractivity contribution in [1.82, 2.24) is 9.88 Å². The monoisotopic (exact) mass is 307 g/mol. The lowest BCUT2D eigenvalue weighted by Crippen LogP contribution is -2.38. The number of thiazole rings is 1. The van der Waals surface area contributed by atoms with Crippen LogP contribution in [0.25, 0.3) is 0 Å². The van der Waals surface area contributed by atoms with Crippen molar-refractivity contribution in [2.24, 2.45) is 11.7 Å². The largest absolute Gasteiger partial charge is 0.339 e. The summed E-state index contributed by atoms with van der Waals surface area (Å²) in [6.45, 7) is 0.655. The second kappa shape index (κ2) is 6.44. The standard InChI is InChI=1S/C16H25N3OS/c1-19(16(20)11-5-4-6-12(17)9-11)10-15-18-13-7-2-3-8-14(13)21-15/h11-12H,2-10,17H2,1H3. The third-order valence-electron chi connectivity index (χ3n) is 4.70. The minimum atomic E-state index is 0.119. The van der Waals surface area contributed by atoms with E-state index in [-0.39, 0.29) is 17.9 Å². The smallest absolute Gasteiger partial charge is 0.225 e. The van der Waals surface area contributed by atoms with Gasteiger partial charge in [0.2, 0.25) is 5.91 Å². The second-order valence-electron chi connectivity index (χ2n) is 6.50. The quantitative estimate of drug-likeness (QED) is 0.933. The van der Waals surface area contributed by atoms with Crippen LogP contribution in [0.15, 0.2) is 0 Å². The second-order valence-corrected chi connectivity index (χ2v) is 7.67. The topological polar surface area (TPSA) is 59.2 Å². The molecule has 0 aromatic carbocycles. The van der Waals surface area contributed by atoms with E-state index in [4.69, 9.17) is 10.7 Å². The first kappa shape index (κ1) is 15.0. The van der Waals surface area contributed by atoms with Crippen LogP contribution >= 0.6 is 11.3 Å². The highest BCUT2D eigenvalue weighted by Crippen LogP contribution is 2.28. The van der Waals surface area contributed by atoms with Crippen LogP contribution in [0, 0.1) is 5.92 Å². The number of rotatable bonds is 3. The summed E-state index contributed by atoms with van der Waals surface area (Å²) in [6.07, 6.45) is 8.80. The fourth-order valence-electron chi connectivity index (χ4n) is 3.52. The Morgan fingerprint density at radius 3 is 2.90 bits per heavy atom. The lowest BCUT2D eigenvalue weighted by atomic mass is 9.85. The van der Waals surface area contributed by atoms with Gasteiger partial charge in [-0.3, -0.25) is 4.79 Å². The number of aromatic nitrogens is 1. The summed E-state index contributed by atoms with van der Waals surface area (Å²) in [6, 6.07) is 0.202. The molecule has 2 aliphatic carbocycles. The molecule has 2 unspecified atom stereocenters. The predicted octanol–water partition coefficient (Wildman–Crippen LogP) is 2.50. The minimum Gasteiger partial charge on any atom is -0.339 e. The molecule has 0 bridgehead atoms. The Balaban J connectivity index is 1.61. The Labute approximate surface area is 130 Å². The molecule has 0 saturated heterocycles. The van der Waals surface area contributed by atoms with Gasteiger partial charge in [0.25, 0.3) is 0 Å². The highest BCUT2D eigenvalue weighted by molar-refractivity contribution is 7.11. The average molecular weight is 307 g/mol. The van der Waals surface area contributed by atoms with Gasteiger partial charge in [-0.15, -0.1) is 11.3 Å². The summed E-state index contributed by atoms with van der Waals surface area (Å²) in [5.74, 6) is 0.367. The minimum absolute atomic E-state index is 0.119. The van der Waals surface area contributed by atoms with Gasteiger partial charge in [-0.25, -0.2) is 4.98 Å². The average Bonchev–Trinajstić information content (AvgIpc) is 2.88. The molecule has 3 rings (SSSR count). The SMILES string of the molecule is CN(Cc1nc2c(s1)CCCC2)C(=O)C1CCCC(N)C1. The van der Waals surface area contributed by atoms with Crippen molar-refractivity contribution in [3.8, 4) is 0 Å². The zero-order chi connectivity index (χ0) is 14.8. The summed E-state index contributed by atoms with van der Waals surface area (Å²) in [5.41, 5.74) is 7.28. The molecule has 21 heavy (non-hydrogen) atoms. The molecule has 0 aliphatic heterocycles. The van der Waals surface area contributed by atoms with Gasteiger partial charge in [0.1, 0.15) is 5.01 Å². The van der Waals surface area contributed by atoms with Gasteiger partial charge >= 0.3 is 0 Å². The molecule has 1 saturated carbocycles. The zero-order valence-corrected chi connectivity index (χ0v) is 13.6. The van der Waals surface area contributed by atoms with Gasteiger partial charge in [-0.1, -0.05) is 6.42 Å². The lowest BCUT2D eigenvalue weighted by Gasteiger charge is -2.29. The number of amides is 1. The summed E-state index contributed by atoms with van der Waals surface area (Å²) in [4.78, 5) is 20.6. The van der Waals surface area contributed by atoms with E-state index in [2.05, 4.69) is 0 Å². The maximum atomic E-state index is 12.5. The molecular weight excluding hydrogens is 282 g/mol. The third kappa shape index (κ3) is 3.46. The van der Waals surface area contributed by atoms with Gasteiger partial charge in [0, 0.05) is 23.9 Å². The Morgan fingerprint density at radius 2 is 2.14 bits per heavy atom. The predicted molar refractivity (Wildman–Crippen MR) is 85.2 cm³/mol. The molecule has 2 N–H and O–H groups in total. The van der Waals surface area contributed by atoms with E-state index < -0.39 is 0 Å². The first-order valence-corrected chi connectivity index (χ1v) is 8.93. The van der Waals surface area contributed by atoms with Gasteiger partial charge in [-0.2, -0.15) is 0 Å². The van der Waals surface area contributed by atoms with Crippen molar-refractivity contribution in [2.75, 3.05) is 7.05 Å².